The van der Waals surface area contributed by atoms with Gasteiger partial charge in [0.05, 0.1) is 31.1 Å². The number of carbonyl (C=O) groups is 1. The first-order chi connectivity index (χ1) is 16.6. The molecule has 0 bridgehead atoms. The number of hydrogen-bond acceptors (Lipinski definition) is 4. The van der Waals surface area contributed by atoms with Crippen molar-refractivity contribution < 1.29 is 14.3 Å². The third kappa shape index (κ3) is 6.08. The lowest BCUT2D eigenvalue weighted by Gasteiger charge is -2.12. The highest BCUT2D eigenvalue weighted by molar-refractivity contribution is 6.31. The number of para-hydroxylation sites is 2. The van der Waals surface area contributed by atoms with Gasteiger partial charge in [-0.3, -0.25) is 4.79 Å². The summed E-state index contributed by atoms with van der Waals surface area (Å²) in [5.74, 6) is 2.48. The van der Waals surface area contributed by atoms with Gasteiger partial charge >= 0.3 is 0 Å². The molecule has 0 aliphatic heterocycles. The molecule has 6 nitrogen and oxygen atoms in total. The first-order valence-corrected chi connectivity index (χ1v) is 11.7. The van der Waals surface area contributed by atoms with Gasteiger partial charge in [0.1, 0.15) is 23.9 Å². The minimum absolute atomic E-state index is 0.0340. The number of benzene rings is 3. The van der Waals surface area contributed by atoms with Crippen molar-refractivity contribution in [1.82, 2.24) is 14.9 Å². The third-order valence-corrected chi connectivity index (χ3v) is 5.94. The summed E-state index contributed by atoms with van der Waals surface area (Å²) in [4.78, 5) is 17.1. The van der Waals surface area contributed by atoms with E-state index in [1.807, 2.05) is 60.7 Å². The number of aryl methyl sites for hydroxylation is 1. The summed E-state index contributed by atoms with van der Waals surface area (Å²) in [6.45, 7) is 1.76. The third-order valence-electron chi connectivity index (χ3n) is 5.57. The van der Waals surface area contributed by atoms with Crippen LogP contribution >= 0.6 is 11.6 Å². The van der Waals surface area contributed by atoms with Gasteiger partial charge in [0.15, 0.2) is 0 Å². The Hall–Kier alpha value is -3.51. The normalized spacial score (nSPS) is 10.9. The van der Waals surface area contributed by atoms with Crippen LogP contribution in [0.1, 0.15) is 17.8 Å². The van der Waals surface area contributed by atoms with Crippen molar-refractivity contribution in [1.29, 1.82) is 0 Å². The van der Waals surface area contributed by atoms with E-state index in [1.165, 1.54) is 0 Å². The molecule has 0 saturated carbocycles. The number of methoxy groups -OCH3 is 1. The van der Waals surface area contributed by atoms with Gasteiger partial charge in [-0.2, -0.15) is 0 Å². The monoisotopic (exact) mass is 477 g/mol. The van der Waals surface area contributed by atoms with Crippen LogP contribution in [0.15, 0.2) is 72.8 Å². The molecule has 34 heavy (non-hydrogen) atoms. The molecule has 0 spiro atoms. The fourth-order valence-electron chi connectivity index (χ4n) is 3.86. The average molecular weight is 478 g/mol. The second-order valence-corrected chi connectivity index (χ2v) is 8.32. The van der Waals surface area contributed by atoms with Crippen LogP contribution in [0.2, 0.25) is 5.02 Å². The maximum atomic E-state index is 12.3. The molecule has 0 saturated heterocycles. The molecule has 1 N–H and O–H groups in total. The van der Waals surface area contributed by atoms with Crippen LogP contribution in [0.4, 0.5) is 0 Å². The smallest absolute Gasteiger partial charge is 0.224 e. The Labute approximate surface area is 204 Å². The SMILES string of the molecule is COc1cccc(OCCn2c(CCCNC(=O)Cc3ccccc3Cl)nc3ccccc32)c1. The topological polar surface area (TPSA) is 65.4 Å². The summed E-state index contributed by atoms with van der Waals surface area (Å²) >= 11 is 6.15. The molecule has 0 aliphatic rings. The van der Waals surface area contributed by atoms with Gasteiger partial charge in [0.25, 0.3) is 0 Å². The van der Waals surface area contributed by atoms with Crippen molar-refractivity contribution in [2.24, 2.45) is 0 Å². The molecular formula is C27H28ClN3O3. The van der Waals surface area contributed by atoms with Crippen LogP contribution in [0.25, 0.3) is 11.0 Å². The number of fused-ring (bicyclic) bond motifs is 1. The summed E-state index contributed by atoms with van der Waals surface area (Å²) in [7, 11) is 1.64. The van der Waals surface area contributed by atoms with E-state index in [0.29, 0.717) is 24.7 Å². The molecule has 4 rings (SSSR count). The maximum absolute atomic E-state index is 12.3. The number of nitrogens with one attached hydrogen (secondary N) is 1. The average Bonchev–Trinajstić information content (AvgIpc) is 3.21. The number of rotatable bonds is 11. The molecule has 0 fully saturated rings. The molecule has 4 aromatic rings. The minimum atomic E-state index is -0.0340. The molecule has 1 heterocycles. The van der Waals surface area contributed by atoms with Gasteiger partial charge < -0.3 is 19.4 Å². The maximum Gasteiger partial charge on any atom is 0.224 e. The van der Waals surface area contributed by atoms with Crippen LogP contribution in [0.3, 0.4) is 0 Å². The zero-order chi connectivity index (χ0) is 23.8. The summed E-state index contributed by atoms with van der Waals surface area (Å²) in [5.41, 5.74) is 2.87. The van der Waals surface area contributed by atoms with Crippen LogP contribution in [0.5, 0.6) is 11.5 Å². The quantitative estimate of drug-likeness (QED) is 0.306. The Morgan fingerprint density at radius 2 is 1.82 bits per heavy atom. The minimum Gasteiger partial charge on any atom is -0.497 e. The van der Waals surface area contributed by atoms with Crippen molar-refractivity contribution in [2.45, 2.75) is 25.8 Å². The van der Waals surface area contributed by atoms with E-state index in [2.05, 4.69) is 16.0 Å². The number of nitrogens with zero attached hydrogens (tertiary/aromatic N) is 2. The first kappa shape index (κ1) is 23.6. The number of imidazole rings is 1. The Morgan fingerprint density at radius 1 is 1.03 bits per heavy atom. The van der Waals surface area contributed by atoms with Gasteiger partial charge in [-0.25, -0.2) is 4.98 Å². The van der Waals surface area contributed by atoms with Gasteiger partial charge in [0.2, 0.25) is 5.91 Å². The second-order valence-electron chi connectivity index (χ2n) is 7.92. The van der Waals surface area contributed by atoms with Crippen molar-refractivity contribution in [3.63, 3.8) is 0 Å². The van der Waals surface area contributed by atoms with E-state index in [1.54, 1.807) is 13.2 Å². The molecule has 0 unspecified atom stereocenters. The van der Waals surface area contributed by atoms with Crippen molar-refractivity contribution >= 4 is 28.5 Å². The summed E-state index contributed by atoms with van der Waals surface area (Å²) in [6.07, 6.45) is 1.81. The zero-order valence-electron chi connectivity index (χ0n) is 19.2. The van der Waals surface area contributed by atoms with Crippen molar-refractivity contribution in [2.75, 3.05) is 20.3 Å². The number of carbonyl (C=O) groups excluding carboxylic acids is 1. The van der Waals surface area contributed by atoms with Gasteiger partial charge in [0, 0.05) is 24.1 Å². The van der Waals surface area contributed by atoms with E-state index >= 15 is 0 Å². The predicted octanol–water partition coefficient (Wildman–Crippen LogP) is 5.07. The van der Waals surface area contributed by atoms with E-state index in [9.17, 15) is 4.79 Å². The Morgan fingerprint density at radius 3 is 2.68 bits per heavy atom. The van der Waals surface area contributed by atoms with Crippen LogP contribution in [0, 0.1) is 0 Å². The molecule has 0 radical (unpaired) electrons. The molecule has 0 aliphatic carbocycles. The molecule has 1 amide bonds. The van der Waals surface area contributed by atoms with Gasteiger partial charge in [-0.05, 0) is 42.3 Å². The summed E-state index contributed by atoms with van der Waals surface area (Å²) in [5, 5.41) is 3.60. The Bertz CT molecular complexity index is 1250. The largest absolute Gasteiger partial charge is 0.497 e. The summed E-state index contributed by atoms with van der Waals surface area (Å²) in [6, 6.07) is 23.1. The fourth-order valence-corrected chi connectivity index (χ4v) is 4.07. The van der Waals surface area contributed by atoms with E-state index < -0.39 is 0 Å². The molecule has 0 atom stereocenters. The Kier molecular flexibility index (Phi) is 8.04. The predicted molar refractivity (Wildman–Crippen MR) is 135 cm³/mol. The molecular weight excluding hydrogens is 450 g/mol. The lowest BCUT2D eigenvalue weighted by atomic mass is 10.1. The zero-order valence-corrected chi connectivity index (χ0v) is 19.9. The highest BCUT2D eigenvalue weighted by Crippen LogP contribution is 2.20. The van der Waals surface area contributed by atoms with Gasteiger partial charge in [-0.1, -0.05) is 48.0 Å². The number of aromatic nitrogens is 2. The van der Waals surface area contributed by atoms with Gasteiger partial charge in [-0.15, -0.1) is 0 Å². The lowest BCUT2D eigenvalue weighted by Crippen LogP contribution is -2.26. The standard InChI is InChI=1S/C27H28ClN3O3/c1-33-21-9-6-10-22(19-21)34-17-16-31-25-13-5-4-12-24(25)30-26(31)14-7-15-29-27(32)18-20-8-2-3-11-23(20)28/h2-6,8-13,19H,7,14-18H2,1H3,(H,29,32). The highest BCUT2D eigenvalue weighted by atomic mass is 35.5. The van der Waals surface area contributed by atoms with E-state index in [-0.39, 0.29) is 12.3 Å². The number of ether oxygens (including phenoxy) is 2. The molecule has 1 aromatic heterocycles. The van der Waals surface area contributed by atoms with Crippen LogP contribution in [-0.2, 0) is 24.2 Å². The lowest BCUT2D eigenvalue weighted by molar-refractivity contribution is -0.120. The van der Waals surface area contributed by atoms with Crippen LogP contribution < -0.4 is 14.8 Å². The summed E-state index contributed by atoms with van der Waals surface area (Å²) < 4.78 is 13.4. The number of halogens is 1. The fraction of sp³-hybridized carbons (Fsp3) is 0.259. The number of hydrogen-bond donors (Lipinski definition) is 1. The number of amides is 1. The second kappa shape index (κ2) is 11.6. The molecule has 7 heteroatoms. The highest BCUT2D eigenvalue weighted by Gasteiger charge is 2.11. The Balaban J connectivity index is 1.33. The van der Waals surface area contributed by atoms with Crippen molar-refractivity contribution in [3.8, 4) is 11.5 Å². The first-order valence-electron chi connectivity index (χ1n) is 11.3. The molecule has 3 aromatic carbocycles. The van der Waals surface area contributed by atoms with E-state index in [0.717, 1.165) is 46.8 Å². The van der Waals surface area contributed by atoms with Crippen LogP contribution in [-0.4, -0.2) is 35.7 Å². The van der Waals surface area contributed by atoms with Crippen molar-refractivity contribution in [3.05, 3.63) is 89.2 Å². The van der Waals surface area contributed by atoms with E-state index in [4.69, 9.17) is 26.1 Å². The molecule has 176 valence electrons.